The van der Waals surface area contributed by atoms with Gasteiger partial charge in [-0.05, 0) is 18.6 Å². The van der Waals surface area contributed by atoms with Crippen LogP contribution in [0.1, 0.15) is 26.2 Å². The zero-order valence-corrected chi connectivity index (χ0v) is 8.78. The van der Waals surface area contributed by atoms with Gasteiger partial charge in [0.05, 0.1) is 0 Å². The lowest BCUT2D eigenvalue weighted by Gasteiger charge is -2.16. The van der Waals surface area contributed by atoms with E-state index in [0.717, 1.165) is 25.0 Å². The monoisotopic (exact) mass is 190 g/mol. The van der Waals surface area contributed by atoms with Crippen molar-refractivity contribution in [3.63, 3.8) is 0 Å². The van der Waals surface area contributed by atoms with Gasteiger partial charge in [0, 0.05) is 6.42 Å². The summed E-state index contributed by atoms with van der Waals surface area (Å²) in [5.74, 6) is 0.952. The molecule has 0 spiro atoms. The third kappa shape index (κ3) is 3.65. The smallest absolute Gasteiger partial charge is 0.119 e. The predicted molar refractivity (Wildman–Crippen MR) is 60.6 cm³/mol. The van der Waals surface area contributed by atoms with Crippen LogP contribution in [0.3, 0.4) is 0 Å². The van der Waals surface area contributed by atoms with E-state index in [1.807, 2.05) is 36.4 Å². The van der Waals surface area contributed by atoms with Crippen LogP contribution in [0, 0.1) is 0 Å². The second-order valence-corrected chi connectivity index (χ2v) is 3.37. The lowest BCUT2D eigenvalue weighted by molar-refractivity contribution is 0.193. The normalized spacial score (nSPS) is 12.1. The van der Waals surface area contributed by atoms with Gasteiger partial charge >= 0.3 is 0 Å². The van der Waals surface area contributed by atoms with E-state index < -0.39 is 0 Å². The van der Waals surface area contributed by atoms with Crippen molar-refractivity contribution in [1.82, 2.24) is 0 Å². The van der Waals surface area contributed by atoms with Crippen LogP contribution in [0.2, 0.25) is 0 Å². The Balaban J connectivity index is 2.50. The molecule has 1 unspecified atom stereocenters. The van der Waals surface area contributed by atoms with Gasteiger partial charge in [0.25, 0.3) is 0 Å². The molecule has 0 amide bonds. The maximum Gasteiger partial charge on any atom is 0.119 e. The molecule has 0 aliphatic carbocycles. The standard InChI is InChI=1S/C13H18O/c1-3-8-12(9-4-2)14-13-10-6-5-7-11-13/h3,5-7,10-12H,1,4,8-9H2,2H3. The first-order valence-electron chi connectivity index (χ1n) is 5.19. The molecular formula is C13H18O. The highest BCUT2D eigenvalue weighted by molar-refractivity contribution is 5.21. The molecule has 1 atom stereocenters. The predicted octanol–water partition coefficient (Wildman–Crippen LogP) is 3.81. The van der Waals surface area contributed by atoms with Crippen molar-refractivity contribution in [2.45, 2.75) is 32.3 Å². The minimum atomic E-state index is 0.278. The fraction of sp³-hybridized carbons (Fsp3) is 0.385. The van der Waals surface area contributed by atoms with Crippen molar-refractivity contribution in [2.24, 2.45) is 0 Å². The van der Waals surface area contributed by atoms with Crippen LogP contribution < -0.4 is 4.74 Å². The lowest BCUT2D eigenvalue weighted by atomic mass is 10.1. The average molecular weight is 190 g/mol. The topological polar surface area (TPSA) is 9.23 Å². The molecular weight excluding hydrogens is 172 g/mol. The minimum absolute atomic E-state index is 0.278. The van der Waals surface area contributed by atoms with Gasteiger partial charge < -0.3 is 4.74 Å². The summed E-state index contributed by atoms with van der Waals surface area (Å²) in [4.78, 5) is 0. The quantitative estimate of drug-likeness (QED) is 0.620. The van der Waals surface area contributed by atoms with Crippen molar-refractivity contribution in [1.29, 1.82) is 0 Å². The van der Waals surface area contributed by atoms with Crippen molar-refractivity contribution < 1.29 is 4.74 Å². The van der Waals surface area contributed by atoms with Gasteiger partial charge in [-0.3, -0.25) is 0 Å². The Labute approximate surface area is 86.4 Å². The van der Waals surface area contributed by atoms with Crippen molar-refractivity contribution in [2.75, 3.05) is 0 Å². The lowest BCUT2D eigenvalue weighted by Crippen LogP contribution is -2.14. The molecule has 1 aromatic carbocycles. The molecule has 0 heterocycles. The van der Waals surface area contributed by atoms with E-state index in [1.54, 1.807) is 0 Å². The number of ether oxygens (including phenoxy) is 1. The van der Waals surface area contributed by atoms with Gasteiger partial charge in [-0.15, -0.1) is 6.58 Å². The molecule has 1 heteroatoms. The number of benzene rings is 1. The molecule has 0 aromatic heterocycles. The molecule has 1 nitrogen and oxygen atoms in total. The van der Waals surface area contributed by atoms with Crippen LogP contribution in [-0.4, -0.2) is 6.10 Å². The minimum Gasteiger partial charge on any atom is -0.490 e. The van der Waals surface area contributed by atoms with Gasteiger partial charge in [-0.2, -0.15) is 0 Å². The Morgan fingerprint density at radius 2 is 2.07 bits per heavy atom. The number of rotatable bonds is 6. The van der Waals surface area contributed by atoms with Crippen LogP contribution in [0.15, 0.2) is 43.0 Å². The molecule has 1 aromatic rings. The summed E-state index contributed by atoms with van der Waals surface area (Å²) in [5.41, 5.74) is 0. The van der Waals surface area contributed by atoms with E-state index >= 15 is 0 Å². The van der Waals surface area contributed by atoms with Crippen LogP contribution in [0.4, 0.5) is 0 Å². The van der Waals surface area contributed by atoms with E-state index in [2.05, 4.69) is 13.5 Å². The van der Waals surface area contributed by atoms with Crippen molar-refractivity contribution in [3.8, 4) is 5.75 Å². The largest absolute Gasteiger partial charge is 0.490 e. The van der Waals surface area contributed by atoms with Gasteiger partial charge in [-0.25, -0.2) is 0 Å². The highest BCUT2D eigenvalue weighted by Gasteiger charge is 2.06. The molecule has 0 N–H and O–H groups in total. The molecule has 0 radical (unpaired) electrons. The molecule has 76 valence electrons. The first-order valence-corrected chi connectivity index (χ1v) is 5.19. The van der Waals surface area contributed by atoms with Gasteiger partial charge in [0.15, 0.2) is 0 Å². The third-order valence-electron chi connectivity index (χ3n) is 2.09. The Morgan fingerprint density at radius 1 is 1.36 bits per heavy atom. The van der Waals surface area contributed by atoms with E-state index in [9.17, 15) is 0 Å². The second kappa shape index (κ2) is 6.25. The Hall–Kier alpha value is -1.24. The molecule has 0 bridgehead atoms. The Morgan fingerprint density at radius 3 is 2.64 bits per heavy atom. The van der Waals surface area contributed by atoms with Crippen molar-refractivity contribution >= 4 is 0 Å². The van der Waals surface area contributed by atoms with Crippen molar-refractivity contribution in [3.05, 3.63) is 43.0 Å². The van der Waals surface area contributed by atoms with Gasteiger partial charge in [0.2, 0.25) is 0 Å². The SMILES string of the molecule is C=CCC(CCC)Oc1ccccc1. The third-order valence-corrected chi connectivity index (χ3v) is 2.09. The molecule has 0 saturated carbocycles. The maximum atomic E-state index is 5.82. The van der Waals surface area contributed by atoms with E-state index in [0.29, 0.717) is 0 Å². The van der Waals surface area contributed by atoms with Crippen LogP contribution in [0.25, 0.3) is 0 Å². The zero-order valence-electron chi connectivity index (χ0n) is 8.78. The number of hydrogen-bond acceptors (Lipinski definition) is 1. The Kier molecular flexibility index (Phi) is 4.84. The summed E-state index contributed by atoms with van der Waals surface area (Å²) < 4.78 is 5.82. The highest BCUT2D eigenvalue weighted by atomic mass is 16.5. The Bertz CT molecular complexity index is 253. The summed E-state index contributed by atoms with van der Waals surface area (Å²) >= 11 is 0. The second-order valence-electron chi connectivity index (χ2n) is 3.37. The molecule has 14 heavy (non-hydrogen) atoms. The van der Waals surface area contributed by atoms with E-state index in [1.165, 1.54) is 0 Å². The summed E-state index contributed by atoms with van der Waals surface area (Å²) in [6.07, 6.45) is 5.35. The average Bonchev–Trinajstić information content (AvgIpc) is 2.20. The van der Waals surface area contributed by atoms with E-state index in [-0.39, 0.29) is 6.10 Å². The maximum absolute atomic E-state index is 5.82. The molecule has 0 fully saturated rings. The summed E-state index contributed by atoms with van der Waals surface area (Å²) in [5, 5.41) is 0. The molecule has 0 aliphatic heterocycles. The summed E-state index contributed by atoms with van der Waals surface area (Å²) in [6, 6.07) is 9.96. The summed E-state index contributed by atoms with van der Waals surface area (Å²) in [6.45, 7) is 5.92. The van der Waals surface area contributed by atoms with E-state index in [4.69, 9.17) is 4.74 Å². The molecule has 0 saturated heterocycles. The molecule has 0 aliphatic rings. The first kappa shape index (κ1) is 10.8. The fourth-order valence-electron chi connectivity index (χ4n) is 1.42. The van der Waals surface area contributed by atoms with Gasteiger partial charge in [0.1, 0.15) is 11.9 Å². The summed E-state index contributed by atoms with van der Waals surface area (Å²) in [7, 11) is 0. The van der Waals surface area contributed by atoms with Crippen LogP contribution >= 0.6 is 0 Å². The zero-order chi connectivity index (χ0) is 10.2. The van der Waals surface area contributed by atoms with Crippen LogP contribution in [-0.2, 0) is 0 Å². The van der Waals surface area contributed by atoms with Crippen LogP contribution in [0.5, 0.6) is 5.75 Å². The first-order chi connectivity index (χ1) is 6.86. The fourth-order valence-corrected chi connectivity index (χ4v) is 1.42. The number of hydrogen-bond donors (Lipinski definition) is 0. The molecule has 1 rings (SSSR count). The highest BCUT2D eigenvalue weighted by Crippen LogP contribution is 2.15. The number of para-hydroxylation sites is 1. The van der Waals surface area contributed by atoms with Gasteiger partial charge in [-0.1, -0.05) is 37.6 Å².